The van der Waals surface area contributed by atoms with Gasteiger partial charge in [-0.3, -0.25) is 0 Å². The minimum atomic E-state index is 0.619. The third-order valence-electron chi connectivity index (χ3n) is 10.1. The second-order valence-corrected chi connectivity index (χ2v) is 13.6. The van der Waals surface area contributed by atoms with E-state index in [2.05, 4.69) is 158 Å². The molecular formula is C51H33N3O. The van der Waals surface area contributed by atoms with Crippen LogP contribution in [0.5, 0.6) is 0 Å². The summed E-state index contributed by atoms with van der Waals surface area (Å²) in [5.74, 6) is 1.88. The third-order valence-corrected chi connectivity index (χ3v) is 10.1. The maximum atomic E-state index is 6.75. The average Bonchev–Trinajstić information content (AvgIpc) is 3.67. The molecule has 10 aromatic rings. The minimum Gasteiger partial charge on any atom is -0.455 e. The van der Waals surface area contributed by atoms with Crippen molar-refractivity contribution in [3.8, 4) is 78.7 Å². The van der Waals surface area contributed by atoms with E-state index in [4.69, 9.17) is 19.4 Å². The van der Waals surface area contributed by atoms with E-state index in [1.165, 1.54) is 0 Å². The number of benzene rings is 8. The fourth-order valence-electron chi connectivity index (χ4n) is 7.42. The molecule has 0 fully saturated rings. The zero-order valence-electron chi connectivity index (χ0n) is 29.8. The van der Waals surface area contributed by atoms with Crippen molar-refractivity contribution >= 4 is 21.9 Å². The molecule has 258 valence electrons. The van der Waals surface area contributed by atoms with Crippen molar-refractivity contribution in [1.82, 2.24) is 15.0 Å². The molecule has 0 saturated carbocycles. The summed E-state index contributed by atoms with van der Waals surface area (Å²) in [5.41, 5.74) is 13.3. The zero-order chi connectivity index (χ0) is 36.6. The number of hydrogen-bond acceptors (Lipinski definition) is 4. The largest absolute Gasteiger partial charge is 0.455 e. The highest BCUT2D eigenvalue weighted by Gasteiger charge is 2.17. The van der Waals surface area contributed by atoms with E-state index in [0.717, 1.165) is 83.1 Å². The van der Waals surface area contributed by atoms with E-state index in [1.54, 1.807) is 0 Å². The first-order chi connectivity index (χ1) is 27.2. The molecule has 0 amide bonds. The van der Waals surface area contributed by atoms with Gasteiger partial charge in [-0.2, -0.15) is 0 Å². The Balaban J connectivity index is 1.05. The second-order valence-electron chi connectivity index (χ2n) is 13.6. The average molecular weight is 704 g/mol. The standard InChI is InChI=1S/C51H33N3O/c1-4-15-34(16-5-1)37-21-11-25-41(32-37)50-52-49(36-19-8-3-9-20-36)53-51(54-50)42-26-12-23-39(33-42)38-22-10-24-40(31-38)44-28-14-30-46-45-29-13-27-43(47(45)55-48(44)46)35-17-6-2-7-18-35/h1-33H. The molecule has 10 rings (SSSR count). The number of hydrogen-bond donors (Lipinski definition) is 0. The lowest BCUT2D eigenvalue weighted by atomic mass is 9.96. The molecule has 0 aliphatic heterocycles. The van der Waals surface area contributed by atoms with E-state index in [1.807, 2.05) is 42.5 Å². The van der Waals surface area contributed by atoms with Gasteiger partial charge in [0.05, 0.1) is 0 Å². The SMILES string of the molecule is c1ccc(-c2cccc(-c3nc(-c4ccccc4)nc(-c4cccc(-c5cccc(-c6cccc7c6oc6c(-c8ccccc8)cccc67)c5)c4)n3)c2)cc1. The highest BCUT2D eigenvalue weighted by atomic mass is 16.3. The Labute approximate surface area is 319 Å². The van der Waals surface area contributed by atoms with Crippen LogP contribution in [0.25, 0.3) is 101 Å². The predicted molar refractivity (Wildman–Crippen MR) is 225 cm³/mol. The Hall–Kier alpha value is -7.43. The molecular weight excluding hydrogens is 671 g/mol. The lowest BCUT2D eigenvalue weighted by molar-refractivity contribution is 0.671. The summed E-state index contributed by atoms with van der Waals surface area (Å²) in [4.78, 5) is 15.1. The van der Waals surface area contributed by atoms with Gasteiger partial charge in [-0.15, -0.1) is 0 Å². The van der Waals surface area contributed by atoms with E-state index < -0.39 is 0 Å². The molecule has 0 aliphatic carbocycles. The molecule has 4 heteroatoms. The van der Waals surface area contributed by atoms with Crippen molar-refractivity contribution < 1.29 is 4.42 Å². The second kappa shape index (κ2) is 13.8. The monoisotopic (exact) mass is 703 g/mol. The Morgan fingerprint density at radius 3 is 1.13 bits per heavy atom. The van der Waals surface area contributed by atoms with E-state index in [0.29, 0.717) is 17.5 Å². The molecule has 2 heterocycles. The van der Waals surface area contributed by atoms with Gasteiger partial charge in [0, 0.05) is 38.6 Å². The van der Waals surface area contributed by atoms with Crippen molar-refractivity contribution in [2.45, 2.75) is 0 Å². The molecule has 4 nitrogen and oxygen atoms in total. The number of aromatic nitrogens is 3. The molecule has 8 aromatic carbocycles. The summed E-state index contributed by atoms with van der Waals surface area (Å²) in [5, 5.41) is 2.22. The topological polar surface area (TPSA) is 51.8 Å². The van der Waals surface area contributed by atoms with Gasteiger partial charge in [-0.05, 0) is 51.6 Å². The van der Waals surface area contributed by atoms with Crippen LogP contribution in [0.15, 0.2) is 205 Å². The molecule has 55 heavy (non-hydrogen) atoms. The summed E-state index contributed by atoms with van der Waals surface area (Å²) < 4.78 is 6.75. The van der Waals surface area contributed by atoms with Crippen LogP contribution in [0, 0.1) is 0 Å². The zero-order valence-corrected chi connectivity index (χ0v) is 29.8. The van der Waals surface area contributed by atoms with E-state index in [9.17, 15) is 0 Å². The van der Waals surface area contributed by atoms with Crippen molar-refractivity contribution in [2.75, 3.05) is 0 Å². The molecule has 0 bridgehead atoms. The maximum Gasteiger partial charge on any atom is 0.164 e. The van der Waals surface area contributed by atoms with Crippen LogP contribution < -0.4 is 0 Å². The highest BCUT2D eigenvalue weighted by molar-refractivity contribution is 6.13. The van der Waals surface area contributed by atoms with Gasteiger partial charge in [-0.1, -0.05) is 182 Å². The Morgan fingerprint density at radius 2 is 0.600 bits per heavy atom. The number of nitrogens with zero attached hydrogens (tertiary/aromatic N) is 3. The van der Waals surface area contributed by atoms with Crippen molar-refractivity contribution in [3.05, 3.63) is 200 Å². The van der Waals surface area contributed by atoms with E-state index in [-0.39, 0.29) is 0 Å². The van der Waals surface area contributed by atoms with Crippen LogP contribution in [0.4, 0.5) is 0 Å². The van der Waals surface area contributed by atoms with Gasteiger partial charge in [0.15, 0.2) is 17.5 Å². The van der Waals surface area contributed by atoms with E-state index >= 15 is 0 Å². The molecule has 0 N–H and O–H groups in total. The first-order valence-corrected chi connectivity index (χ1v) is 18.4. The minimum absolute atomic E-state index is 0.619. The predicted octanol–water partition coefficient (Wildman–Crippen LogP) is 13.4. The van der Waals surface area contributed by atoms with Crippen molar-refractivity contribution in [1.29, 1.82) is 0 Å². The lowest BCUT2D eigenvalue weighted by Crippen LogP contribution is -2.00. The van der Waals surface area contributed by atoms with Gasteiger partial charge < -0.3 is 4.42 Å². The molecule has 0 radical (unpaired) electrons. The fraction of sp³-hybridized carbons (Fsp3) is 0. The summed E-state index contributed by atoms with van der Waals surface area (Å²) >= 11 is 0. The van der Waals surface area contributed by atoms with Gasteiger partial charge in [0.25, 0.3) is 0 Å². The smallest absolute Gasteiger partial charge is 0.164 e. The van der Waals surface area contributed by atoms with Crippen molar-refractivity contribution in [2.24, 2.45) is 0 Å². The molecule has 2 aromatic heterocycles. The van der Waals surface area contributed by atoms with Crippen LogP contribution in [0.3, 0.4) is 0 Å². The van der Waals surface area contributed by atoms with Crippen LogP contribution in [-0.4, -0.2) is 15.0 Å². The summed E-state index contributed by atoms with van der Waals surface area (Å²) in [6.07, 6.45) is 0. The van der Waals surface area contributed by atoms with Gasteiger partial charge >= 0.3 is 0 Å². The Kier molecular flexibility index (Phi) is 8.12. The van der Waals surface area contributed by atoms with Gasteiger partial charge in [-0.25, -0.2) is 15.0 Å². The van der Waals surface area contributed by atoms with Crippen LogP contribution in [0.1, 0.15) is 0 Å². The first kappa shape index (κ1) is 32.2. The normalized spacial score (nSPS) is 11.3. The molecule has 0 aliphatic rings. The van der Waals surface area contributed by atoms with Gasteiger partial charge in [0.2, 0.25) is 0 Å². The molecule has 0 unspecified atom stereocenters. The third kappa shape index (κ3) is 6.16. The quantitative estimate of drug-likeness (QED) is 0.166. The van der Waals surface area contributed by atoms with Crippen LogP contribution in [0.2, 0.25) is 0 Å². The molecule has 0 spiro atoms. The fourth-order valence-corrected chi connectivity index (χ4v) is 7.42. The van der Waals surface area contributed by atoms with Crippen LogP contribution >= 0.6 is 0 Å². The number of para-hydroxylation sites is 2. The van der Waals surface area contributed by atoms with Gasteiger partial charge in [0.1, 0.15) is 11.2 Å². The highest BCUT2D eigenvalue weighted by Crippen LogP contribution is 2.40. The summed E-state index contributed by atoms with van der Waals surface area (Å²) in [6, 6.07) is 69.2. The molecule has 0 atom stereocenters. The van der Waals surface area contributed by atoms with Crippen LogP contribution in [-0.2, 0) is 0 Å². The molecule has 0 saturated heterocycles. The number of rotatable bonds is 7. The summed E-state index contributed by atoms with van der Waals surface area (Å²) in [6.45, 7) is 0. The number of furan rings is 1. The maximum absolute atomic E-state index is 6.75. The summed E-state index contributed by atoms with van der Waals surface area (Å²) in [7, 11) is 0. The first-order valence-electron chi connectivity index (χ1n) is 18.4. The lowest BCUT2D eigenvalue weighted by Gasteiger charge is -2.11. The Bertz CT molecular complexity index is 2970. The Morgan fingerprint density at radius 1 is 0.255 bits per heavy atom. The number of fused-ring (bicyclic) bond motifs is 3. The van der Waals surface area contributed by atoms with Crippen molar-refractivity contribution in [3.63, 3.8) is 0 Å².